The lowest BCUT2D eigenvalue weighted by atomic mass is 10.1. The van der Waals surface area contributed by atoms with Gasteiger partial charge in [0.2, 0.25) is 0 Å². The number of rotatable bonds is 4. The van der Waals surface area contributed by atoms with Crippen LogP contribution in [0.2, 0.25) is 0 Å². The number of hydrogen-bond donors (Lipinski definition) is 2. The maximum atomic E-state index is 5.77. The summed E-state index contributed by atoms with van der Waals surface area (Å²) in [7, 11) is 0. The fraction of sp³-hybridized carbons (Fsp3) is 0.190. The van der Waals surface area contributed by atoms with Gasteiger partial charge in [-0.3, -0.25) is 4.99 Å². The first-order chi connectivity index (χ1) is 13.1. The highest BCUT2D eigenvalue weighted by Gasteiger charge is 2.17. The average molecular weight is 376 g/mol. The van der Waals surface area contributed by atoms with E-state index in [4.69, 9.17) is 20.7 Å². The zero-order valence-corrected chi connectivity index (χ0v) is 16.1. The summed E-state index contributed by atoms with van der Waals surface area (Å²) < 4.78 is 0. The van der Waals surface area contributed by atoms with E-state index in [1.54, 1.807) is 0 Å². The van der Waals surface area contributed by atoms with Crippen LogP contribution in [-0.2, 0) is 0 Å². The predicted molar refractivity (Wildman–Crippen MR) is 113 cm³/mol. The molecule has 4 rings (SSSR count). The number of nitrogens with two attached hydrogens (primary N) is 1. The fourth-order valence-electron chi connectivity index (χ4n) is 3.06. The molecular weight excluding hydrogens is 354 g/mol. The molecule has 3 aromatic rings. The quantitative estimate of drug-likeness (QED) is 0.500. The van der Waals surface area contributed by atoms with Crippen molar-refractivity contribution < 1.29 is 0 Å². The van der Waals surface area contributed by atoms with E-state index in [0.29, 0.717) is 5.16 Å². The lowest BCUT2D eigenvalue weighted by Gasteiger charge is -2.10. The zero-order chi connectivity index (χ0) is 18.8. The van der Waals surface area contributed by atoms with Crippen LogP contribution in [0.4, 0.5) is 11.5 Å². The molecule has 6 heteroatoms. The summed E-state index contributed by atoms with van der Waals surface area (Å²) in [5.41, 5.74) is 8.69. The van der Waals surface area contributed by atoms with Gasteiger partial charge in [0.05, 0.1) is 11.6 Å². The Balaban J connectivity index is 1.70. The lowest BCUT2D eigenvalue weighted by Crippen LogP contribution is -2.10. The Labute approximate surface area is 162 Å². The first-order valence-electron chi connectivity index (χ1n) is 8.95. The van der Waals surface area contributed by atoms with Crippen molar-refractivity contribution in [1.29, 1.82) is 0 Å². The molecule has 0 saturated heterocycles. The number of aliphatic imine (C=N–C) groups is 1. The molecule has 0 saturated carbocycles. The molecule has 1 aromatic heterocycles. The predicted octanol–water partition coefficient (Wildman–Crippen LogP) is 4.91. The molecule has 0 spiro atoms. The summed E-state index contributed by atoms with van der Waals surface area (Å²) in [5, 5.41) is 5.07. The normalized spacial score (nSPS) is 16.3. The second-order valence-electron chi connectivity index (χ2n) is 6.49. The molecule has 1 aliphatic rings. The molecule has 27 heavy (non-hydrogen) atoms. The van der Waals surface area contributed by atoms with Crippen molar-refractivity contribution in [3.8, 4) is 0 Å². The molecule has 2 heterocycles. The number of benzene rings is 2. The molecule has 1 unspecified atom stereocenters. The number of amidine groups is 1. The number of nitrogen functional groups attached to an aromatic ring is 1. The van der Waals surface area contributed by atoms with Crippen LogP contribution in [0.15, 0.2) is 75.2 Å². The molecule has 0 amide bonds. The van der Waals surface area contributed by atoms with E-state index in [9.17, 15) is 0 Å². The number of aromatic nitrogens is 2. The van der Waals surface area contributed by atoms with Crippen molar-refractivity contribution in [2.24, 2.45) is 4.99 Å². The highest BCUT2D eigenvalue weighted by Crippen LogP contribution is 2.30. The van der Waals surface area contributed by atoms with E-state index >= 15 is 0 Å². The third kappa shape index (κ3) is 3.80. The van der Waals surface area contributed by atoms with Crippen LogP contribution in [0.3, 0.4) is 0 Å². The summed E-state index contributed by atoms with van der Waals surface area (Å²) in [6, 6.07) is 16.0. The molecule has 0 aliphatic carbocycles. The molecule has 1 aliphatic heterocycles. The summed E-state index contributed by atoms with van der Waals surface area (Å²) in [4.78, 5) is 15.2. The molecule has 136 valence electrons. The van der Waals surface area contributed by atoms with E-state index < -0.39 is 0 Å². The van der Waals surface area contributed by atoms with Crippen LogP contribution < -0.4 is 11.1 Å². The second-order valence-corrected chi connectivity index (χ2v) is 7.54. The minimum Gasteiger partial charge on any atom is -0.399 e. The van der Waals surface area contributed by atoms with Crippen LogP contribution in [-0.4, -0.2) is 21.8 Å². The van der Waals surface area contributed by atoms with Crippen molar-refractivity contribution in [2.75, 3.05) is 11.1 Å². The Morgan fingerprint density at radius 3 is 2.59 bits per heavy atom. The summed E-state index contributed by atoms with van der Waals surface area (Å²) in [6.07, 6.45) is 3.09. The summed E-state index contributed by atoms with van der Waals surface area (Å²) in [6.45, 7) is 4.27. The van der Waals surface area contributed by atoms with E-state index in [1.807, 2.05) is 48.5 Å². The number of nitrogens with one attached hydrogen (secondary N) is 1. The van der Waals surface area contributed by atoms with Crippen molar-refractivity contribution in [2.45, 2.75) is 36.4 Å². The molecule has 0 radical (unpaired) electrons. The van der Waals surface area contributed by atoms with Crippen molar-refractivity contribution >= 4 is 40.0 Å². The standard InChI is InChI=1S/C21H21N5S/c1-3-17-13(2)12-19(23-17)25-20-16-6-4-5-7-18(16)24-21(26-20)27-15-10-8-14(22)9-11-15/h4-12,17H,3,22H2,1-2H3,(H,23,24,25,26). The van der Waals surface area contributed by atoms with E-state index in [2.05, 4.69) is 25.2 Å². The van der Waals surface area contributed by atoms with Gasteiger partial charge in [-0.15, -0.1) is 0 Å². The smallest absolute Gasteiger partial charge is 0.195 e. The number of anilines is 2. The Bertz CT molecular complexity index is 1040. The number of hydrogen-bond acceptors (Lipinski definition) is 6. The minimum absolute atomic E-state index is 0.254. The first-order valence-corrected chi connectivity index (χ1v) is 9.77. The topological polar surface area (TPSA) is 76.2 Å². The largest absolute Gasteiger partial charge is 0.399 e. The third-order valence-electron chi connectivity index (χ3n) is 4.49. The highest BCUT2D eigenvalue weighted by molar-refractivity contribution is 7.99. The van der Waals surface area contributed by atoms with E-state index in [1.165, 1.54) is 17.3 Å². The Hall–Kier alpha value is -2.86. The van der Waals surface area contributed by atoms with Crippen molar-refractivity contribution in [1.82, 2.24) is 9.97 Å². The SMILES string of the molecule is CCC1N=C(Nc2nc(Sc3ccc(N)cc3)nc3ccccc23)C=C1C. The first kappa shape index (κ1) is 17.5. The number of nitrogens with zero attached hydrogens (tertiary/aromatic N) is 3. The maximum Gasteiger partial charge on any atom is 0.195 e. The molecule has 5 nitrogen and oxygen atoms in total. The van der Waals surface area contributed by atoms with Gasteiger partial charge in [0.1, 0.15) is 11.7 Å². The van der Waals surface area contributed by atoms with Gasteiger partial charge < -0.3 is 11.1 Å². The van der Waals surface area contributed by atoms with Crippen LogP contribution in [0, 0.1) is 0 Å². The molecule has 3 N–H and O–H groups in total. The van der Waals surface area contributed by atoms with E-state index in [0.717, 1.165) is 39.6 Å². The Kier molecular flexibility index (Phi) is 4.81. The van der Waals surface area contributed by atoms with Gasteiger partial charge in [-0.1, -0.05) is 19.1 Å². The highest BCUT2D eigenvalue weighted by atomic mass is 32.2. The molecule has 0 fully saturated rings. The van der Waals surface area contributed by atoms with Gasteiger partial charge in [0.25, 0.3) is 0 Å². The minimum atomic E-state index is 0.254. The summed E-state index contributed by atoms with van der Waals surface area (Å²) >= 11 is 1.52. The van der Waals surface area contributed by atoms with Crippen LogP contribution in [0.1, 0.15) is 20.3 Å². The zero-order valence-electron chi connectivity index (χ0n) is 15.3. The lowest BCUT2D eigenvalue weighted by molar-refractivity contribution is 0.756. The van der Waals surface area contributed by atoms with Gasteiger partial charge in [-0.25, -0.2) is 9.97 Å². The Morgan fingerprint density at radius 1 is 1.07 bits per heavy atom. The maximum absolute atomic E-state index is 5.77. The van der Waals surface area contributed by atoms with Gasteiger partial charge in [-0.2, -0.15) is 0 Å². The molecule has 1 atom stereocenters. The monoisotopic (exact) mass is 375 g/mol. The number of fused-ring (bicyclic) bond motifs is 1. The van der Waals surface area contributed by atoms with Gasteiger partial charge in [-0.05, 0) is 73.2 Å². The van der Waals surface area contributed by atoms with Gasteiger partial charge in [0.15, 0.2) is 5.16 Å². The molecule has 2 aromatic carbocycles. The van der Waals surface area contributed by atoms with Gasteiger partial charge in [0, 0.05) is 16.0 Å². The molecular formula is C21H21N5S. The molecule has 0 bridgehead atoms. The van der Waals surface area contributed by atoms with Crippen LogP contribution >= 0.6 is 11.8 Å². The second kappa shape index (κ2) is 7.40. The Morgan fingerprint density at radius 2 is 1.85 bits per heavy atom. The summed E-state index contributed by atoms with van der Waals surface area (Å²) in [5.74, 6) is 1.63. The van der Waals surface area contributed by atoms with Gasteiger partial charge >= 0.3 is 0 Å². The average Bonchev–Trinajstić information content (AvgIpc) is 3.03. The van der Waals surface area contributed by atoms with Crippen LogP contribution in [0.25, 0.3) is 10.9 Å². The third-order valence-corrected chi connectivity index (χ3v) is 5.36. The van der Waals surface area contributed by atoms with E-state index in [-0.39, 0.29) is 6.04 Å². The van der Waals surface area contributed by atoms with Crippen molar-refractivity contribution in [3.63, 3.8) is 0 Å². The number of para-hydroxylation sites is 1. The van der Waals surface area contributed by atoms with Crippen molar-refractivity contribution in [3.05, 3.63) is 60.2 Å². The fourth-order valence-corrected chi connectivity index (χ4v) is 3.82. The van der Waals surface area contributed by atoms with Crippen LogP contribution in [0.5, 0.6) is 0 Å².